The fourth-order valence-electron chi connectivity index (χ4n) is 4.16. The molecular formula is C20H20F3IN2O. The molecule has 1 fully saturated rings. The second-order valence-corrected chi connectivity index (χ2v) is 8.89. The van der Waals surface area contributed by atoms with Crippen molar-refractivity contribution in [3.05, 3.63) is 41.6 Å². The van der Waals surface area contributed by atoms with Gasteiger partial charge in [0.25, 0.3) is 0 Å². The normalized spacial score (nSPS) is 22.9. The maximum atomic E-state index is 13.3. The summed E-state index contributed by atoms with van der Waals surface area (Å²) >= 11 is 2.24. The molecule has 2 aromatic rings. The molecule has 1 aromatic carbocycles. The van der Waals surface area contributed by atoms with E-state index in [1.165, 1.54) is 12.3 Å². The van der Waals surface area contributed by atoms with Crippen molar-refractivity contribution in [2.24, 2.45) is 10.9 Å². The minimum Gasteiger partial charge on any atom is -0.256 e. The highest BCUT2D eigenvalue weighted by atomic mass is 127. The lowest BCUT2D eigenvalue weighted by Gasteiger charge is -2.36. The van der Waals surface area contributed by atoms with Crippen LogP contribution in [0, 0.1) is 5.92 Å². The summed E-state index contributed by atoms with van der Waals surface area (Å²) in [6.45, 7) is 2.01. The highest BCUT2D eigenvalue weighted by molar-refractivity contribution is 14.1. The molecule has 1 saturated carbocycles. The second-order valence-electron chi connectivity index (χ2n) is 7.02. The van der Waals surface area contributed by atoms with Gasteiger partial charge in [0.05, 0.1) is 11.1 Å². The monoisotopic (exact) mass is 488 g/mol. The lowest BCUT2D eigenvalue weighted by molar-refractivity contribution is -0.136. The molecule has 1 heterocycles. The molecule has 1 aliphatic rings. The number of alkyl halides is 4. The predicted octanol–water partition coefficient (Wildman–Crippen LogP) is 6.40. The van der Waals surface area contributed by atoms with E-state index >= 15 is 0 Å². The Morgan fingerprint density at radius 3 is 2.52 bits per heavy atom. The zero-order chi connectivity index (χ0) is 19.7. The molecule has 144 valence electrons. The Morgan fingerprint density at radius 1 is 1.22 bits per heavy atom. The number of hydrogen-bond acceptors (Lipinski definition) is 3. The largest absolute Gasteiger partial charge is 0.418 e. The Bertz CT molecular complexity index is 871. The Kier molecular flexibility index (Phi) is 5.91. The van der Waals surface area contributed by atoms with E-state index < -0.39 is 15.3 Å². The maximum absolute atomic E-state index is 13.3. The number of halogens is 4. The summed E-state index contributed by atoms with van der Waals surface area (Å²) in [5.74, 6) is 0.465. The van der Waals surface area contributed by atoms with Gasteiger partial charge in [-0.25, -0.2) is 4.79 Å². The van der Waals surface area contributed by atoms with E-state index in [0.29, 0.717) is 5.39 Å². The van der Waals surface area contributed by atoms with Crippen molar-refractivity contribution in [1.29, 1.82) is 0 Å². The summed E-state index contributed by atoms with van der Waals surface area (Å²) in [5, 5.41) is 0.581. The number of pyridine rings is 1. The molecule has 0 aliphatic heterocycles. The van der Waals surface area contributed by atoms with Crippen LogP contribution in [0.25, 0.3) is 10.9 Å². The predicted molar refractivity (Wildman–Crippen MR) is 107 cm³/mol. The number of fused-ring (bicyclic) bond motifs is 1. The van der Waals surface area contributed by atoms with Crippen LogP contribution in [0.5, 0.6) is 0 Å². The Hall–Kier alpha value is -1.47. The Balaban J connectivity index is 1.89. The van der Waals surface area contributed by atoms with Gasteiger partial charge in [-0.2, -0.15) is 18.2 Å². The first-order chi connectivity index (χ1) is 12.8. The molecule has 1 unspecified atom stereocenters. The van der Waals surface area contributed by atoms with Gasteiger partial charge in [0.15, 0.2) is 0 Å². The van der Waals surface area contributed by atoms with Crippen LogP contribution in [-0.2, 0) is 11.0 Å². The lowest BCUT2D eigenvalue weighted by Crippen LogP contribution is -2.31. The minimum atomic E-state index is -4.42. The second kappa shape index (κ2) is 7.87. The standard InChI is InChI=1S/C20H20F3IN2O/c1-2-19(24,26-12-27)14-8-6-13(7-9-14)15-10-11-25-18-16(15)4-3-5-17(18)20(21,22)23/h3-5,10-11,13-14H,2,6-9H2,1H3. The SMILES string of the molecule is CCC(I)(N=C=O)C1CCC(c2ccnc3c(C(F)(F)F)cccc23)CC1. The van der Waals surface area contributed by atoms with Crippen molar-refractivity contribution in [2.45, 2.75) is 54.7 Å². The third-order valence-corrected chi connectivity index (χ3v) is 7.51. The number of carbonyl (C=O) groups excluding carboxylic acids is 1. The molecule has 0 saturated heterocycles. The molecule has 0 spiro atoms. The first-order valence-electron chi connectivity index (χ1n) is 9.03. The van der Waals surface area contributed by atoms with Gasteiger partial charge < -0.3 is 0 Å². The van der Waals surface area contributed by atoms with Gasteiger partial charge in [-0.1, -0.05) is 41.6 Å². The van der Waals surface area contributed by atoms with Crippen LogP contribution in [0.3, 0.4) is 0 Å². The first kappa shape index (κ1) is 20.3. The van der Waals surface area contributed by atoms with Crippen LogP contribution in [0.1, 0.15) is 56.1 Å². The average molecular weight is 488 g/mol. The van der Waals surface area contributed by atoms with E-state index in [2.05, 4.69) is 32.6 Å². The molecule has 0 bridgehead atoms. The molecule has 0 amide bonds. The van der Waals surface area contributed by atoms with Gasteiger partial charge in [0.2, 0.25) is 6.08 Å². The summed E-state index contributed by atoms with van der Waals surface area (Å²) < 4.78 is 39.5. The van der Waals surface area contributed by atoms with Gasteiger partial charge in [-0.15, -0.1) is 0 Å². The van der Waals surface area contributed by atoms with Crippen LogP contribution >= 0.6 is 22.6 Å². The number of para-hydroxylation sites is 1. The molecule has 3 nitrogen and oxygen atoms in total. The Morgan fingerprint density at radius 2 is 1.93 bits per heavy atom. The molecule has 1 aliphatic carbocycles. The molecule has 0 radical (unpaired) electrons. The van der Waals surface area contributed by atoms with Gasteiger partial charge in [-0.05, 0) is 61.6 Å². The molecule has 0 N–H and O–H groups in total. The van der Waals surface area contributed by atoms with E-state index in [-0.39, 0.29) is 17.4 Å². The van der Waals surface area contributed by atoms with Crippen LogP contribution < -0.4 is 0 Å². The van der Waals surface area contributed by atoms with E-state index in [1.54, 1.807) is 12.1 Å². The number of aliphatic imine (C=N–C) groups is 1. The first-order valence-corrected chi connectivity index (χ1v) is 10.1. The fraction of sp³-hybridized carbons (Fsp3) is 0.500. The number of isocyanates is 1. The molecule has 27 heavy (non-hydrogen) atoms. The van der Waals surface area contributed by atoms with Crippen molar-refractivity contribution in [3.8, 4) is 0 Å². The Labute approximate surface area is 169 Å². The van der Waals surface area contributed by atoms with Crippen molar-refractivity contribution < 1.29 is 18.0 Å². The van der Waals surface area contributed by atoms with E-state index in [9.17, 15) is 18.0 Å². The van der Waals surface area contributed by atoms with Gasteiger partial charge in [0, 0.05) is 11.6 Å². The average Bonchev–Trinajstić information content (AvgIpc) is 2.66. The van der Waals surface area contributed by atoms with Crippen molar-refractivity contribution in [3.63, 3.8) is 0 Å². The topological polar surface area (TPSA) is 42.3 Å². The van der Waals surface area contributed by atoms with Crippen LogP contribution in [0.2, 0.25) is 0 Å². The quantitative estimate of drug-likeness (QED) is 0.164. The number of aromatic nitrogens is 1. The smallest absolute Gasteiger partial charge is 0.256 e. The summed E-state index contributed by atoms with van der Waals surface area (Å²) in [4.78, 5) is 18.8. The number of hydrogen-bond donors (Lipinski definition) is 0. The molecule has 7 heteroatoms. The summed E-state index contributed by atoms with van der Waals surface area (Å²) in [6.07, 6.45) is 3.00. The number of rotatable bonds is 4. The van der Waals surface area contributed by atoms with Crippen LogP contribution in [-0.4, -0.2) is 14.6 Å². The number of nitrogens with zero attached hydrogens (tertiary/aromatic N) is 2. The number of benzene rings is 1. The van der Waals surface area contributed by atoms with Crippen molar-refractivity contribution in [2.75, 3.05) is 0 Å². The molecule has 3 rings (SSSR count). The molecule has 1 aromatic heterocycles. The van der Waals surface area contributed by atoms with Crippen LogP contribution in [0.15, 0.2) is 35.5 Å². The zero-order valence-corrected chi connectivity index (χ0v) is 17.0. The third kappa shape index (κ3) is 4.04. The van der Waals surface area contributed by atoms with Gasteiger partial charge in [0.1, 0.15) is 3.55 Å². The zero-order valence-electron chi connectivity index (χ0n) is 14.9. The third-order valence-electron chi connectivity index (χ3n) is 5.63. The summed E-state index contributed by atoms with van der Waals surface area (Å²) in [5.41, 5.74) is 0.263. The lowest BCUT2D eigenvalue weighted by atomic mass is 9.75. The van der Waals surface area contributed by atoms with E-state index in [1.807, 2.05) is 13.0 Å². The summed E-state index contributed by atoms with van der Waals surface area (Å²) in [6, 6.07) is 6.10. The van der Waals surface area contributed by atoms with Crippen molar-refractivity contribution >= 4 is 39.6 Å². The highest BCUT2D eigenvalue weighted by Crippen LogP contribution is 2.47. The maximum Gasteiger partial charge on any atom is 0.418 e. The summed E-state index contributed by atoms with van der Waals surface area (Å²) in [7, 11) is 0. The van der Waals surface area contributed by atoms with E-state index in [4.69, 9.17) is 0 Å². The van der Waals surface area contributed by atoms with Gasteiger partial charge >= 0.3 is 6.18 Å². The van der Waals surface area contributed by atoms with Crippen LogP contribution in [0.4, 0.5) is 13.2 Å². The molecular weight excluding hydrogens is 468 g/mol. The van der Waals surface area contributed by atoms with E-state index in [0.717, 1.165) is 43.7 Å². The minimum absolute atomic E-state index is 0.0203. The highest BCUT2D eigenvalue weighted by Gasteiger charge is 2.38. The van der Waals surface area contributed by atoms with Crippen molar-refractivity contribution in [1.82, 2.24) is 4.98 Å². The molecule has 1 atom stereocenters. The van der Waals surface area contributed by atoms with Gasteiger partial charge in [-0.3, -0.25) is 4.98 Å². The fourth-order valence-corrected chi connectivity index (χ4v) is 4.89.